The maximum Gasteiger partial charge on any atom is 0.238 e. The van der Waals surface area contributed by atoms with Gasteiger partial charge in [-0.15, -0.1) is 0 Å². The van der Waals surface area contributed by atoms with Gasteiger partial charge >= 0.3 is 0 Å². The maximum absolute atomic E-state index is 12.7. The summed E-state index contributed by atoms with van der Waals surface area (Å²) < 4.78 is 58.9. The van der Waals surface area contributed by atoms with Gasteiger partial charge in [0, 0.05) is 23.7 Å². The van der Waals surface area contributed by atoms with Crippen molar-refractivity contribution in [3.8, 4) is 17.2 Å². The highest BCUT2D eigenvalue weighted by molar-refractivity contribution is 7.93. The first-order chi connectivity index (χ1) is 24.7. The molecular formula is C40H43N2O7PS. The lowest BCUT2D eigenvalue weighted by molar-refractivity contribution is 0.106. The van der Waals surface area contributed by atoms with E-state index in [9.17, 15) is 18.1 Å². The van der Waals surface area contributed by atoms with Crippen LogP contribution in [0.2, 0.25) is 0 Å². The van der Waals surface area contributed by atoms with E-state index in [0.717, 1.165) is 22.3 Å². The molecule has 1 unspecified atom stereocenters. The van der Waals surface area contributed by atoms with E-state index in [0.29, 0.717) is 36.8 Å². The standard InChI is InChI=1S/C40H43N2O7PS/c1-30(2)51(45,46)42-38-26-37(22-23-39(38)48-28-32-12-6-3-7-13-32)47-29-35(43)27-41-25-24-31-18-20-36(21-19-31)49-40(50-44,33-14-8-4-9-15-33)34-16-10-5-11-17-34/h3-23,26,30,35,41-43H,24-25,27-29H2,1-2H3. The predicted octanol–water partition coefficient (Wildman–Crippen LogP) is 7.56. The molecule has 11 heteroatoms. The molecule has 0 aliphatic carbocycles. The average molecular weight is 727 g/mol. The van der Waals surface area contributed by atoms with Gasteiger partial charge in [0.2, 0.25) is 23.8 Å². The van der Waals surface area contributed by atoms with Crippen LogP contribution in [0.5, 0.6) is 17.2 Å². The van der Waals surface area contributed by atoms with Crippen LogP contribution in [0.25, 0.3) is 0 Å². The molecule has 0 amide bonds. The molecule has 5 aromatic rings. The fraction of sp³-hybridized carbons (Fsp3) is 0.250. The number of aliphatic hydroxyl groups is 1. The van der Waals surface area contributed by atoms with Gasteiger partial charge in [-0.25, -0.2) is 8.42 Å². The molecule has 0 aliphatic rings. The summed E-state index contributed by atoms with van der Waals surface area (Å²) in [6.07, 6.45) is -0.0964. The van der Waals surface area contributed by atoms with Gasteiger partial charge in [-0.1, -0.05) is 103 Å². The van der Waals surface area contributed by atoms with Gasteiger partial charge < -0.3 is 24.6 Å². The molecule has 266 valence electrons. The Balaban J connectivity index is 1.12. The van der Waals surface area contributed by atoms with Crippen LogP contribution in [0.3, 0.4) is 0 Å². The number of hydrogen-bond donors (Lipinski definition) is 3. The highest BCUT2D eigenvalue weighted by Gasteiger charge is 2.38. The van der Waals surface area contributed by atoms with E-state index in [4.69, 9.17) is 14.2 Å². The monoisotopic (exact) mass is 726 g/mol. The molecule has 0 aromatic heterocycles. The van der Waals surface area contributed by atoms with Crippen LogP contribution < -0.4 is 24.2 Å². The topological polar surface area (TPSA) is 123 Å². The minimum atomic E-state index is -3.64. The molecule has 0 spiro atoms. The number of aliphatic hydroxyl groups excluding tert-OH is 1. The van der Waals surface area contributed by atoms with E-state index in [1.165, 1.54) is 0 Å². The highest BCUT2D eigenvalue weighted by atomic mass is 32.2. The summed E-state index contributed by atoms with van der Waals surface area (Å²) in [7, 11) is -3.83. The fourth-order valence-electron chi connectivity index (χ4n) is 5.20. The van der Waals surface area contributed by atoms with E-state index < -0.39 is 26.7 Å². The Hall–Kier alpha value is -4.73. The first kappa shape index (κ1) is 37.5. The maximum atomic E-state index is 12.7. The van der Waals surface area contributed by atoms with Gasteiger partial charge in [0.25, 0.3) is 0 Å². The van der Waals surface area contributed by atoms with Gasteiger partial charge in [0.1, 0.15) is 36.6 Å². The van der Waals surface area contributed by atoms with E-state index in [1.54, 1.807) is 32.0 Å². The molecule has 0 heterocycles. The third kappa shape index (κ3) is 10.4. The summed E-state index contributed by atoms with van der Waals surface area (Å²) in [6, 6.07) is 41.2. The lowest BCUT2D eigenvalue weighted by atomic mass is 10.0. The van der Waals surface area contributed by atoms with Crippen LogP contribution in [-0.4, -0.2) is 44.6 Å². The van der Waals surface area contributed by atoms with E-state index in [1.807, 2.05) is 115 Å². The summed E-state index contributed by atoms with van der Waals surface area (Å²) in [5.41, 5.74) is 3.84. The second-order valence-electron chi connectivity index (χ2n) is 12.3. The average Bonchev–Trinajstić information content (AvgIpc) is 3.16. The van der Waals surface area contributed by atoms with Crippen molar-refractivity contribution in [2.75, 3.05) is 24.4 Å². The lowest BCUT2D eigenvalue weighted by Crippen LogP contribution is -2.32. The molecule has 0 saturated heterocycles. The molecule has 5 rings (SSSR count). The van der Waals surface area contributed by atoms with Crippen molar-refractivity contribution in [2.24, 2.45) is 0 Å². The minimum Gasteiger partial charge on any atom is -0.491 e. The molecule has 0 fully saturated rings. The van der Waals surface area contributed by atoms with Crippen LogP contribution in [0.1, 0.15) is 36.1 Å². The third-order valence-corrected chi connectivity index (χ3v) is 10.7. The number of rotatable bonds is 19. The number of sulfonamides is 1. The first-order valence-electron chi connectivity index (χ1n) is 16.8. The van der Waals surface area contributed by atoms with Gasteiger partial charge in [-0.05, 0) is 62.2 Å². The van der Waals surface area contributed by atoms with Crippen molar-refractivity contribution >= 4 is 24.2 Å². The quantitative estimate of drug-likeness (QED) is 0.0589. The van der Waals surface area contributed by atoms with Crippen LogP contribution in [0, 0.1) is 0 Å². The van der Waals surface area contributed by atoms with Crippen molar-refractivity contribution < 1.29 is 32.3 Å². The lowest BCUT2D eigenvalue weighted by Gasteiger charge is -2.29. The van der Waals surface area contributed by atoms with Crippen LogP contribution in [-0.2, 0) is 33.0 Å². The SMILES string of the molecule is CC(C)S(=O)(=O)Nc1cc(OCC(O)CNCCc2ccc(OC(P=O)(c3ccccc3)c3ccccc3)cc2)ccc1OCc1ccccc1. The van der Waals surface area contributed by atoms with Gasteiger partial charge in [0.05, 0.1) is 10.9 Å². The first-order valence-corrected chi connectivity index (χ1v) is 19.1. The Morgan fingerprint density at radius 3 is 1.92 bits per heavy atom. The summed E-state index contributed by atoms with van der Waals surface area (Å²) in [4.78, 5) is 0. The molecule has 0 aliphatic heterocycles. The fourth-order valence-corrected chi connectivity index (χ4v) is 6.55. The molecule has 1 atom stereocenters. The Morgan fingerprint density at radius 1 is 0.745 bits per heavy atom. The molecule has 0 saturated carbocycles. The zero-order chi connectivity index (χ0) is 36.1. The number of ether oxygens (including phenoxy) is 3. The minimum absolute atomic E-state index is 0.00323. The van der Waals surface area contributed by atoms with E-state index >= 15 is 0 Å². The zero-order valence-electron chi connectivity index (χ0n) is 28.6. The molecule has 9 nitrogen and oxygen atoms in total. The molecule has 3 N–H and O–H groups in total. The third-order valence-electron chi connectivity index (χ3n) is 8.12. The normalized spacial score (nSPS) is 12.4. The van der Waals surface area contributed by atoms with Gasteiger partial charge in [-0.3, -0.25) is 9.29 Å². The Kier molecular flexibility index (Phi) is 13.2. The Labute approximate surface area is 301 Å². The van der Waals surface area contributed by atoms with Crippen LogP contribution in [0.15, 0.2) is 133 Å². The molecule has 5 aromatic carbocycles. The second kappa shape index (κ2) is 18.0. The molecule has 0 radical (unpaired) electrons. The molecular weight excluding hydrogens is 683 g/mol. The number of nitrogens with one attached hydrogen (secondary N) is 2. The Bertz CT molecular complexity index is 1890. The molecule has 51 heavy (non-hydrogen) atoms. The van der Waals surface area contributed by atoms with Gasteiger partial charge in [0.15, 0.2) is 0 Å². The number of benzene rings is 5. The largest absolute Gasteiger partial charge is 0.491 e. The summed E-state index contributed by atoms with van der Waals surface area (Å²) >= 11 is 0. The Morgan fingerprint density at radius 2 is 1.33 bits per heavy atom. The molecule has 0 bridgehead atoms. The predicted molar refractivity (Wildman–Crippen MR) is 201 cm³/mol. The van der Waals surface area contributed by atoms with Crippen molar-refractivity contribution in [3.63, 3.8) is 0 Å². The summed E-state index contributed by atoms with van der Waals surface area (Å²) in [6.45, 7) is 4.38. The number of hydrogen-bond acceptors (Lipinski definition) is 8. The van der Waals surface area contributed by atoms with Crippen molar-refractivity contribution in [1.29, 1.82) is 0 Å². The van der Waals surface area contributed by atoms with Crippen LogP contribution >= 0.6 is 8.46 Å². The number of anilines is 1. The summed E-state index contributed by atoms with van der Waals surface area (Å²) in [5, 5.41) is 12.0. The van der Waals surface area contributed by atoms with E-state index in [2.05, 4.69) is 10.0 Å². The highest BCUT2D eigenvalue weighted by Crippen LogP contribution is 2.43. The van der Waals surface area contributed by atoms with Crippen molar-refractivity contribution in [2.45, 2.75) is 43.6 Å². The second-order valence-corrected chi connectivity index (χ2v) is 15.3. The summed E-state index contributed by atoms with van der Waals surface area (Å²) in [5.74, 6) is 1.35. The smallest absolute Gasteiger partial charge is 0.238 e. The van der Waals surface area contributed by atoms with E-state index in [-0.39, 0.29) is 27.4 Å². The van der Waals surface area contributed by atoms with Crippen molar-refractivity contribution in [1.82, 2.24) is 5.32 Å². The zero-order valence-corrected chi connectivity index (χ0v) is 30.4. The van der Waals surface area contributed by atoms with Crippen molar-refractivity contribution in [3.05, 3.63) is 156 Å². The van der Waals surface area contributed by atoms with Crippen LogP contribution in [0.4, 0.5) is 5.69 Å². The van der Waals surface area contributed by atoms with Gasteiger partial charge in [-0.2, -0.15) is 0 Å².